The third-order valence-corrected chi connectivity index (χ3v) is 5.58. The molecular formula is C24H24N2O. The number of benzene rings is 3. The molecule has 0 fully saturated rings. The summed E-state index contributed by atoms with van der Waals surface area (Å²) in [6.07, 6.45) is -0.171. The number of anilines is 3. The monoisotopic (exact) mass is 359 g/mol. The molecule has 1 unspecified atom stereocenters. The predicted octanol–water partition coefficient (Wildman–Crippen LogP) is 6.61. The molecule has 4 aromatic rings. The number of hydrogen-bond donors (Lipinski definition) is 0. The maximum absolute atomic E-state index is 8.01. The smallest absolute Gasteiger partial charge is 0.159 e. The lowest BCUT2D eigenvalue weighted by Crippen LogP contribution is -2.42. The van der Waals surface area contributed by atoms with Crippen molar-refractivity contribution in [2.45, 2.75) is 39.8 Å². The molecule has 0 N–H and O–H groups in total. The second-order valence-electron chi connectivity index (χ2n) is 7.28. The van der Waals surface area contributed by atoms with Crippen molar-refractivity contribution < 1.29 is 8.53 Å². The first kappa shape index (κ1) is 13.3. The fourth-order valence-electron chi connectivity index (χ4n) is 4.43. The molecule has 2 atom stereocenters. The van der Waals surface area contributed by atoms with Crippen LogP contribution in [0.3, 0.4) is 0 Å². The summed E-state index contributed by atoms with van der Waals surface area (Å²) in [6, 6.07) is 19.7. The van der Waals surface area contributed by atoms with Gasteiger partial charge in [-0.25, -0.2) is 0 Å². The van der Waals surface area contributed by atoms with Gasteiger partial charge < -0.3 is 14.2 Å². The lowest BCUT2D eigenvalue weighted by Gasteiger charge is -2.33. The van der Waals surface area contributed by atoms with E-state index in [-0.39, 0.29) is 6.17 Å². The highest BCUT2D eigenvalue weighted by Crippen LogP contribution is 2.48. The lowest BCUT2D eigenvalue weighted by atomic mass is 10.1. The van der Waals surface area contributed by atoms with E-state index in [0.29, 0.717) is 0 Å². The summed E-state index contributed by atoms with van der Waals surface area (Å²) in [5.41, 5.74) is 5.70. The number of furan rings is 1. The Hall–Kier alpha value is -2.94. The van der Waals surface area contributed by atoms with Crippen molar-refractivity contribution in [3.05, 3.63) is 66.2 Å². The van der Waals surface area contributed by atoms with E-state index in [2.05, 4.69) is 43.0 Å². The van der Waals surface area contributed by atoms with Gasteiger partial charge in [0.25, 0.3) is 0 Å². The molecule has 0 saturated heterocycles. The summed E-state index contributed by atoms with van der Waals surface area (Å²) in [7, 11) is 0. The SMILES string of the molecule is [2H]C([2H])([2H])C(C)N1c2ccccc2N(c2c(C)ccc3c2oc2ccccc23)[C@@H]1C. The topological polar surface area (TPSA) is 19.6 Å². The van der Waals surface area contributed by atoms with Crippen molar-refractivity contribution in [2.75, 3.05) is 9.80 Å². The van der Waals surface area contributed by atoms with E-state index in [4.69, 9.17) is 8.53 Å². The Balaban J connectivity index is 1.77. The molecule has 0 saturated carbocycles. The minimum Gasteiger partial charge on any atom is -0.454 e. The Morgan fingerprint density at radius 3 is 2.52 bits per heavy atom. The van der Waals surface area contributed by atoms with Gasteiger partial charge in [-0.3, -0.25) is 0 Å². The van der Waals surface area contributed by atoms with E-state index in [9.17, 15) is 0 Å². The maximum atomic E-state index is 8.01. The Morgan fingerprint density at radius 2 is 1.70 bits per heavy atom. The molecule has 1 aromatic heterocycles. The Labute approximate surface area is 164 Å². The number of nitrogens with zero attached hydrogens (tertiary/aromatic N) is 2. The fraction of sp³-hybridized carbons (Fsp3) is 0.250. The lowest BCUT2D eigenvalue weighted by molar-refractivity contribution is 0.603. The van der Waals surface area contributed by atoms with Gasteiger partial charge in [0.1, 0.15) is 11.7 Å². The van der Waals surface area contributed by atoms with Crippen LogP contribution in [0.4, 0.5) is 17.1 Å². The third-order valence-electron chi connectivity index (χ3n) is 5.58. The molecule has 1 aliphatic heterocycles. The fourth-order valence-corrected chi connectivity index (χ4v) is 4.43. The molecule has 3 aromatic carbocycles. The Kier molecular flexibility index (Phi) is 2.84. The summed E-state index contributed by atoms with van der Waals surface area (Å²) in [4.78, 5) is 4.22. The van der Waals surface area contributed by atoms with Gasteiger partial charge in [-0.2, -0.15) is 0 Å². The van der Waals surface area contributed by atoms with E-state index in [1.54, 1.807) is 6.92 Å². The molecule has 3 nitrogen and oxygen atoms in total. The van der Waals surface area contributed by atoms with Gasteiger partial charge in [-0.05, 0) is 51.4 Å². The maximum Gasteiger partial charge on any atom is 0.159 e. The molecule has 27 heavy (non-hydrogen) atoms. The van der Waals surface area contributed by atoms with E-state index < -0.39 is 12.9 Å². The van der Waals surface area contributed by atoms with Crippen LogP contribution in [0.5, 0.6) is 0 Å². The molecule has 0 bridgehead atoms. The normalized spacial score (nSPS) is 19.8. The molecule has 3 heteroatoms. The number of aryl methyl sites for hydroxylation is 1. The van der Waals surface area contributed by atoms with Crippen molar-refractivity contribution in [3.8, 4) is 0 Å². The van der Waals surface area contributed by atoms with Crippen molar-refractivity contribution in [1.82, 2.24) is 0 Å². The Bertz CT molecular complexity index is 1260. The highest BCUT2D eigenvalue weighted by atomic mass is 16.3. The summed E-state index contributed by atoms with van der Waals surface area (Å²) in [6.45, 7) is 3.83. The number of rotatable bonds is 2. The van der Waals surface area contributed by atoms with E-state index >= 15 is 0 Å². The molecule has 0 aliphatic carbocycles. The van der Waals surface area contributed by atoms with Gasteiger partial charge in [0.2, 0.25) is 0 Å². The molecule has 0 spiro atoms. The molecule has 136 valence electrons. The van der Waals surface area contributed by atoms with Crippen molar-refractivity contribution in [3.63, 3.8) is 0 Å². The molecule has 0 amide bonds. The zero-order chi connectivity index (χ0) is 21.2. The third kappa shape index (κ3) is 2.21. The number of fused-ring (bicyclic) bond motifs is 4. The number of para-hydroxylation sites is 3. The average Bonchev–Trinajstić information content (AvgIpc) is 3.22. The van der Waals surface area contributed by atoms with Gasteiger partial charge in [0.05, 0.1) is 17.1 Å². The highest BCUT2D eigenvalue weighted by Gasteiger charge is 2.37. The van der Waals surface area contributed by atoms with Gasteiger partial charge in [0.15, 0.2) is 5.58 Å². The quantitative estimate of drug-likeness (QED) is 0.401. The standard InChI is InChI=1S/C24H24N2O/c1-15(2)25-17(4)26(21-11-7-6-10-20(21)25)23-16(3)13-14-19-18-9-5-8-12-22(18)27-24(19)23/h5-15,17H,1-4H3/t17-/m1/s1/i1D3/t15?,17-. The Morgan fingerprint density at radius 1 is 0.963 bits per heavy atom. The van der Waals surface area contributed by atoms with Gasteiger partial charge in [0, 0.05) is 20.9 Å². The van der Waals surface area contributed by atoms with Gasteiger partial charge in [-0.15, -0.1) is 0 Å². The minimum atomic E-state index is -2.09. The highest BCUT2D eigenvalue weighted by molar-refractivity contribution is 6.10. The predicted molar refractivity (Wildman–Crippen MR) is 114 cm³/mol. The number of hydrogen-bond acceptors (Lipinski definition) is 3. The van der Waals surface area contributed by atoms with E-state index in [1.807, 2.05) is 41.3 Å². The molecular weight excluding hydrogens is 332 g/mol. The van der Waals surface area contributed by atoms with Gasteiger partial charge >= 0.3 is 0 Å². The summed E-state index contributed by atoms with van der Waals surface area (Å²) >= 11 is 0. The van der Waals surface area contributed by atoms with Crippen molar-refractivity contribution >= 4 is 39.0 Å². The van der Waals surface area contributed by atoms with Crippen LogP contribution < -0.4 is 9.80 Å². The summed E-state index contributed by atoms with van der Waals surface area (Å²) < 4.78 is 30.3. The van der Waals surface area contributed by atoms with Crippen LogP contribution in [0.2, 0.25) is 0 Å². The second kappa shape index (κ2) is 5.78. The molecule has 2 heterocycles. The van der Waals surface area contributed by atoms with Crippen LogP contribution in [0.15, 0.2) is 65.1 Å². The molecule has 5 rings (SSSR count). The largest absolute Gasteiger partial charge is 0.454 e. The van der Waals surface area contributed by atoms with Crippen LogP contribution in [-0.2, 0) is 0 Å². The molecule has 1 aliphatic rings. The van der Waals surface area contributed by atoms with Crippen LogP contribution in [0, 0.1) is 6.92 Å². The summed E-state index contributed by atoms with van der Waals surface area (Å²) in [5.74, 6) is 0. The second-order valence-corrected chi connectivity index (χ2v) is 7.28. The minimum absolute atomic E-state index is 0.171. The summed E-state index contributed by atoms with van der Waals surface area (Å²) in [5, 5.41) is 2.15. The van der Waals surface area contributed by atoms with Gasteiger partial charge in [-0.1, -0.05) is 42.5 Å². The zero-order valence-corrected chi connectivity index (χ0v) is 15.7. The van der Waals surface area contributed by atoms with Crippen LogP contribution >= 0.6 is 0 Å². The van der Waals surface area contributed by atoms with Crippen LogP contribution in [0.1, 0.15) is 30.4 Å². The first-order valence-electron chi connectivity index (χ1n) is 10.9. The average molecular weight is 359 g/mol. The zero-order valence-electron chi connectivity index (χ0n) is 18.7. The van der Waals surface area contributed by atoms with E-state index in [0.717, 1.165) is 44.6 Å². The van der Waals surface area contributed by atoms with Crippen molar-refractivity contribution in [2.24, 2.45) is 0 Å². The van der Waals surface area contributed by atoms with Crippen LogP contribution in [0.25, 0.3) is 21.9 Å². The van der Waals surface area contributed by atoms with Crippen molar-refractivity contribution in [1.29, 1.82) is 0 Å². The van der Waals surface area contributed by atoms with Crippen LogP contribution in [-0.4, -0.2) is 12.2 Å². The van der Waals surface area contributed by atoms with E-state index in [1.165, 1.54) is 0 Å². The molecule has 0 radical (unpaired) electrons. The first-order valence-corrected chi connectivity index (χ1v) is 9.36. The first-order chi connectivity index (χ1) is 14.3.